The Labute approximate surface area is 541 Å². The Balaban J connectivity index is 0.000000967. The van der Waals surface area contributed by atoms with Crippen LogP contribution < -0.4 is 0 Å². The Morgan fingerprint density at radius 1 is 0.452 bits per heavy atom. The van der Waals surface area contributed by atoms with E-state index in [1.165, 1.54) is 22.3 Å². The van der Waals surface area contributed by atoms with Crippen molar-refractivity contribution in [2.24, 2.45) is 0 Å². The molecule has 0 amide bonds. The number of thiophene rings is 1. The smallest absolute Gasteiger partial charge is 0.354 e. The van der Waals surface area contributed by atoms with Crippen LogP contribution in [0.25, 0.3) is 54.4 Å². The summed E-state index contributed by atoms with van der Waals surface area (Å²) in [5.74, 6) is -4.85. The standard InChI is InChI=1S/C13H8NS.3C11H6F2N.C6H5NO2.2C5H12O2.4Ir/c1-2-7-12-10(5-1)9-13(15-12)11-6-3-4-8-14-11;3*12-8-4-5-9(10(13)7-8)11-3-1-2-6-14-11;8-6(9)5-3-1-2-4-7-5;2*1-4(6)3-5(2)7;;;;/h1-8H;3*1-4,6-7H;1-4H,(H,8,9);2*4-7H,3H2,1-2H3;;;;/q4*-1;;;;;;;. The van der Waals surface area contributed by atoms with Crippen LogP contribution in [0.3, 0.4) is 0 Å². The van der Waals surface area contributed by atoms with Gasteiger partial charge in [0.1, 0.15) is 5.69 Å². The Kier molecular flexibility index (Phi) is 39.8. The first-order valence-electron chi connectivity index (χ1n) is 24.3. The number of aliphatic hydroxyl groups excluding tert-OH is 4. The van der Waals surface area contributed by atoms with E-state index in [1.807, 2.05) is 30.5 Å². The van der Waals surface area contributed by atoms with Crippen molar-refractivity contribution >= 4 is 27.4 Å². The van der Waals surface area contributed by atoms with E-state index < -0.39 is 40.9 Å². The maximum Gasteiger partial charge on any atom is 0.354 e. The van der Waals surface area contributed by atoms with Crippen LogP contribution in [0.5, 0.6) is 0 Å². The van der Waals surface area contributed by atoms with Crippen LogP contribution in [-0.2, 0) is 80.4 Å². The van der Waals surface area contributed by atoms with Crippen molar-refractivity contribution in [3.05, 3.63) is 248 Å². The van der Waals surface area contributed by atoms with E-state index in [4.69, 9.17) is 25.5 Å². The Morgan fingerprint density at radius 2 is 0.762 bits per heavy atom. The van der Waals surface area contributed by atoms with Crippen LogP contribution in [0.15, 0.2) is 183 Å². The molecule has 452 valence electrons. The number of pyridine rings is 5. The van der Waals surface area contributed by atoms with Crippen molar-refractivity contribution in [3.63, 3.8) is 0 Å². The molecule has 0 spiro atoms. The van der Waals surface area contributed by atoms with Crippen molar-refractivity contribution in [3.8, 4) is 44.3 Å². The second-order valence-electron chi connectivity index (χ2n) is 16.9. The molecule has 4 radical (unpaired) electrons. The summed E-state index contributed by atoms with van der Waals surface area (Å²) in [7, 11) is 0. The second-order valence-corrected chi connectivity index (χ2v) is 18.0. The van der Waals surface area contributed by atoms with E-state index in [0.717, 1.165) is 47.0 Å². The van der Waals surface area contributed by atoms with Gasteiger partial charge in [-0.2, -0.15) is 0 Å². The van der Waals surface area contributed by atoms with Gasteiger partial charge in [-0.25, -0.2) is 21.1 Å². The summed E-state index contributed by atoms with van der Waals surface area (Å²) in [6, 6.07) is 50.9. The topological polar surface area (TPSA) is 183 Å². The van der Waals surface area contributed by atoms with Crippen molar-refractivity contribution in [2.75, 3.05) is 0 Å². The molecule has 0 aliphatic rings. The molecular formula is C62H55F6Ir4N5O6S-4. The van der Waals surface area contributed by atoms with E-state index in [9.17, 15) is 31.1 Å². The fourth-order valence-electron chi connectivity index (χ4n) is 6.46. The SMILES string of the molecule is CC(O)CC(C)O.CC(O)CC(C)O.Fc1c[c-]c(-c2ccccn2)c(F)c1.Fc1c[c-]c(-c2ccccn2)c(F)c1.Fc1c[c-]c(-c2ccccn2)c(F)c1.O=C(O)c1ccccn1.[Ir].[Ir].[Ir].[Ir].[c-]1c(-c2ccccn2)sc2ccccc12. The molecule has 5 N–H and O–H groups in total. The van der Waals surface area contributed by atoms with Gasteiger partial charge in [0.15, 0.2) is 0 Å². The molecule has 6 aromatic heterocycles. The molecule has 4 unspecified atom stereocenters. The van der Waals surface area contributed by atoms with E-state index in [1.54, 1.807) is 124 Å². The van der Waals surface area contributed by atoms with E-state index in [0.29, 0.717) is 29.9 Å². The van der Waals surface area contributed by atoms with Gasteiger partial charge in [0.25, 0.3) is 0 Å². The van der Waals surface area contributed by atoms with Crippen LogP contribution in [0.1, 0.15) is 51.0 Å². The van der Waals surface area contributed by atoms with E-state index >= 15 is 0 Å². The van der Waals surface area contributed by atoms with Gasteiger partial charge in [-0.1, -0.05) is 102 Å². The van der Waals surface area contributed by atoms with Crippen LogP contribution in [0, 0.1) is 59.2 Å². The average Bonchev–Trinajstić information content (AvgIpc) is 4.08. The van der Waals surface area contributed by atoms with E-state index in [2.05, 4.69) is 67.4 Å². The van der Waals surface area contributed by atoms with Gasteiger partial charge in [0.05, 0.1) is 24.4 Å². The summed E-state index contributed by atoms with van der Waals surface area (Å²) in [5, 5.41) is 43.7. The number of carbonyl (C=O) groups is 1. The number of nitrogens with zero attached hydrogens (tertiary/aromatic N) is 5. The Bertz CT molecular complexity index is 3110. The number of hydrogen-bond acceptors (Lipinski definition) is 11. The monoisotopic (exact) mass is 1880 g/mol. The molecule has 84 heavy (non-hydrogen) atoms. The molecule has 0 saturated carbocycles. The quantitative estimate of drug-likeness (QED) is 0.0685. The van der Waals surface area contributed by atoms with Crippen LogP contribution in [-0.4, -0.2) is 80.8 Å². The molecule has 0 fully saturated rings. The summed E-state index contributed by atoms with van der Waals surface area (Å²) in [6.07, 6.45) is 7.35. The largest absolute Gasteiger partial charge is 0.477 e. The number of rotatable bonds is 9. The molecule has 0 saturated heterocycles. The second kappa shape index (κ2) is 42.8. The van der Waals surface area contributed by atoms with Crippen LogP contribution >= 0.6 is 11.3 Å². The Hall–Kier alpha value is -5.92. The third kappa shape index (κ3) is 29.7. The minimum atomic E-state index is -0.990. The van der Waals surface area contributed by atoms with Gasteiger partial charge in [-0.15, -0.1) is 60.0 Å². The first-order valence-corrected chi connectivity index (χ1v) is 25.2. The fraction of sp³-hybridized carbons (Fsp3) is 0.161. The van der Waals surface area contributed by atoms with Gasteiger partial charge < -0.3 is 45.5 Å². The van der Waals surface area contributed by atoms with Crippen molar-refractivity contribution < 1.29 is 137 Å². The molecule has 4 atom stereocenters. The molecule has 22 heteroatoms. The number of halogens is 6. The minimum Gasteiger partial charge on any atom is -0.477 e. The average molecular weight is 1880 g/mol. The number of benzene rings is 4. The minimum absolute atomic E-state index is 0. The first-order chi connectivity index (χ1) is 38.3. The predicted octanol–water partition coefficient (Wildman–Crippen LogP) is 13.3. The third-order valence-electron chi connectivity index (χ3n) is 9.83. The van der Waals surface area contributed by atoms with Crippen molar-refractivity contribution in [1.82, 2.24) is 24.9 Å². The molecule has 10 aromatic rings. The summed E-state index contributed by atoms with van der Waals surface area (Å²) in [5.41, 5.74) is 2.99. The fourth-order valence-corrected chi connectivity index (χ4v) is 7.44. The van der Waals surface area contributed by atoms with Crippen molar-refractivity contribution in [1.29, 1.82) is 0 Å². The number of carboxylic acids is 1. The van der Waals surface area contributed by atoms with Gasteiger partial charge in [-0.3, -0.25) is 26.3 Å². The van der Waals surface area contributed by atoms with Gasteiger partial charge in [0, 0.05) is 152 Å². The summed E-state index contributed by atoms with van der Waals surface area (Å²) in [4.78, 5) is 31.0. The summed E-state index contributed by atoms with van der Waals surface area (Å²) in [6.45, 7) is 6.64. The molecule has 11 nitrogen and oxygen atoms in total. The molecule has 6 heterocycles. The maximum atomic E-state index is 13.2. The summed E-state index contributed by atoms with van der Waals surface area (Å²) < 4.78 is 78.7. The number of fused-ring (bicyclic) bond motifs is 1. The number of carboxylic acid groups (broad SMARTS) is 1. The zero-order valence-electron chi connectivity index (χ0n) is 44.9. The molecule has 0 bridgehead atoms. The number of hydrogen-bond donors (Lipinski definition) is 5. The van der Waals surface area contributed by atoms with Crippen LogP contribution in [0.4, 0.5) is 26.3 Å². The first kappa shape index (κ1) is 78.1. The van der Waals surface area contributed by atoms with Gasteiger partial charge in [-0.05, 0) is 104 Å². The number of aliphatic hydroxyl groups is 4. The summed E-state index contributed by atoms with van der Waals surface area (Å²) >= 11 is 1.73. The predicted molar refractivity (Wildman–Crippen MR) is 296 cm³/mol. The van der Waals surface area contributed by atoms with Crippen molar-refractivity contribution in [2.45, 2.75) is 65.0 Å². The zero-order valence-corrected chi connectivity index (χ0v) is 55.3. The zero-order chi connectivity index (χ0) is 58.4. The molecule has 0 aliphatic carbocycles. The van der Waals surface area contributed by atoms with Gasteiger partial charge >= 0.3 is 5.97 Å². The molecule has 10 rings (SSSR count). The Morgan fingerprint density at radius 3 is 1.01 bits per heavy atom. The molecule has 4 aromatic carbocycles. The number of aromatic nitrogens is 5. The molecule has 0 aliphatic heterocycles. The van der Waals surface area contributed by atoms with Gasteiger partial charge in [0.2, 0.25) is 0 Å². The molecular weight excluding hydrogens is 1830 g/mol. The van der Waals surface area contributed by atoms with Crippen LogP contribution in [0.2, 0.25) is 0 Å². The maximum absolute atomic E-state index is 13.2. The number of aromatic carboxylic acids is 1. The normalized spacial score (nSPS) is 11.1. The third-order valence-corrected chi connectivity index (χ3v) is 10.9. The van der Waals surface area contributed by atoms with E-state index in [-0.39, 0.29) is 127 Å².